The minimum absolute atomic E-state index is 0.0209. The lowest BCUT2D eigenvalue weighted by atomic mass is 9.77. The Morgan fingerprint density at radius 2 is 1.52 bits per heavy atom. The lowest BCUT2D eigenvalue weighted by Crippen LogP contribution is -2.53. The summed E-state index contributed by atoms with van der Waals surface area (Å²) in [6, 6.07) is 10.7. The molecule has 1 aliphatic heterocycles. The van der Waals surface area contributed by atoms with Gasteiger partial charge < -0.3 is 25.3 Å². The van der Waals surface area contributed by atoms with E-state index in [1.165, 1.54) is 19.4 Å². The Bertz CT molecular complexity index is 1710. The summed E-state index contributed by atoms with van der Waals surface area (Å²) in [5.41, 5.74) is 11.4. The van der Waals surface area contributed by atoms with Crippen molar-refractivity contribution in [2.24, 2.45) is 22.5 Å². The van der Waals surface area contributed by atoms with Crippen LogP contribution in [0.5, 0.6) is 0 Å². The lowest BCUT2D eigenvalue weighted by Gasteiger charge is -2.45. The molecule has 1 amide bonds. The topological polar surface area (TPSA) is 134 Å². The first kappa shape index (κ1) is 44.6. The zero-order valence-corrected chi connectivity index (χ0v) is 35.3. The number of allylic oxidation sites excluding steroid dienone is 1. The van der Waals surface area contributed by atoms with Crippen molar-refractivity contribution in [2.75, 3.05) is 6.54 Å². The number of Topliss-reactive ketones (excluding diaryl/α,β-unsaturated/α-hetero) is 1. The Balaban J connectivity index is 1.92. The van der Waals surface area contributed by atoms with Gasteiger partial charge in [0, 0.05) is 43.7 Å². The van der Waals surface area contributed by atoms with Crippen molar-refractivity contribution in [1.82, 2.24) is 5.32 Å². The quantitative estimate of drug-likeness (QED) is 0.174. The maximum Gasteiger partial charge on any atom is 0.303 e. The van der Waals surface area contributed by atoms with Crippen molar-refractivity contribution < 1.29 is 33.4 Å². The number of carbonyl (C=O) groups excluding carboxylic acids is 4. The van der Waals surface area contributed by atoms with E-state index in [0.717, 1.165) is 33.4 Å². The molecule has 5 atom stereocenters. The van der Waals surface area contributed by atoms with E-state index < -0.39 is 46.6 Å². The van der Waals surface area contributed by atoms with Gasteiger partial charge in [-0.1, -0.05) is 84.0 Å². The molecule has 0 bridgehead atoms. The minimum Gasteiger partial charge on any atom is -0.458 e. The molecule has 0 aliphatic carbocycles. The summed E-state index contributed by atoms with van der Waals surface area (Å²) in [5.74, 6) is -1.00. The van der Waals surface area contributed by atoms with Crippen LogP contribution in [0.1, 0.15) is 147 Å². The van der Waals surface area contributed by atoms with Crippen LogP contribution in [-0.4, -0.2) is 54.0 Å². The highest BCUT2D eigenvalue weighted by Crippen LogP contribution is 2.42. The van der Waals surface area contributed by atoms with Crippen LogP contribution in [-0.2, 0) is 39.8 Å². The molecule has 9 nitrogen and oxygen atoms in total. The van der Waals surface area contributed by atoms with Crippen LogP contribution in [0, 0.1) is 30.6 Å². The number of benzene rings is 2. The third kappa shape index (κ3) is 11.6. The normalized spacial score (nSPS) is 20.9. The second kappa shape index (κ2) is 17.8. The predicted molar refractivity (Wildman–Crippen MR) is 215 cm³/mol. The fourth-order valence-corrected chi connectivity index (χ4v) is 7.15. The largest absolute Gasteiger partial charge is 0.458 e. The fourth-order valence-electron chi connectivity index (χ4n) is 7.15. The molecule has 1 fully saturated rings. The number of nitrogens with one attached hydrogen (secondary N) is 1. The van der Waals surface area contributed by atoms with E-state index in [1.54, 1.807) is 13.8 Å². The maximum atomic E-state index is 13.5. The molecular formula is C45H66N2O7. The zero-order valence-electron chi connectivity index (χ0n) is 35.3. The Hall–Kier alpha value is -3.82. The first-order valence-electron chi connectivity index (χ1n) is 19.4. The summed E-state index contributed by atoms with van der Waals surface area (Å²) < 4.78 is 18.4. The van der Waals surface area contributed by atoms with Crippen LogP contribution in [0.4, 0.5) is 0 Å². The van der Waals surface area contributed by atoms with Crippen LogP contribution in [0.25, 0.3) is 6.08 Å². The number of amides is 1. The van der Waals surface area contributed by atoms with E-state index in [2.05, 4.69) is 63.3 Å². The molecular weight excluding hydrogens is 681 g/mol. The lowest BCUT2D eigenvalue weighted by molar-refractivity contribution is -0.225. The van der Waals surface area contributed by atoms with Gasteiger partial charge in [-0.2, -0.15) is 0 Å². The molecule has 9 heteroatoms. The van der Waals surface area contributed by atoms with E-state index >= 15 is 0 Å². The summed E-state index contributed by atoms with van der Waals surface area (Å²) >= 11 is 0. The van der Waals surface area contributed by atoms with E-state index in [-0.39, 0.29) is 36.1 Å². The van der Waals surface area contributed by atoms with Gasteiger partial charge in [0.1, 0.15) is 18.0 Å². The molecule has 3 rings (SSSR count). The van der Waals surface area contributed by atoms with Crippen molar-refractivity contribution in [3.8, 4) is 0 Å². The number of hydrogen-bond donors (Lipinski definition) is 2. The average Bonchev–Trinajstić information content (AvgIpc) is 3.05. The first-order valence-corrected chi connectivity index (χ1v) is 19.4. The third-order valence-corrected chi connectivity index (χ3v) is 10.6. The average molecular weight is 747 g/mol. The second-order valence-electron chi connectivity index (χ2n) is 17.6. The zero-order chi connectivity index (χ0) is 40.9. The highest BCUT2D eigenvalue weighted by Gasteiger charge is 2.48. The fraction of sp³-hybridized carbons (Fsp3) is 0.600. The first-order chi connectivity index (χ1) is 24.9. The molecule has 3 N–H and O–H groups in total. The van der Waals surface area contributed by atoms with Crippen molar-refractivity contribution in [3.05, 3.63) is 75.4 Å². The Labute approximate surface area is 324 Å². The number of aryl methyl sites for hydroxylation is 2. The Kier molecular flexibility index (Phi) is 14.7. The number of hydrogen-bond acceptors (Lipinski definition) is 8. The van der Waals surface area contributed by atoms with Crippen LogP contribution in [0.2, 0.25) is 0 Å². The highest BCUT2D eigenvalue weighted by atomic mass is 16.6. The summed E-state index contributed by atoms with van der Waals surface area (Å²) in [4.78, 5) is 51.0. The van der Waals surface area contributed by atoms with E-state index in [0.29, 0.717) is 19.4 Å². The number of rotatable bonds is 15. The van der Waals surface area contributed by atoms with E-state index in [9.17, 15) is 19.2 Å². The Morgan fingerprint density at radius 3 is 2.06 bits per heavy atom. The van der Waals surface area contributed by atoms with Gasteiger partial charge in [-0.25, -0.2) is 0 Å². The van der Waals surface area contributed by atoms with Gasteiger partial charge in [-0.3, -0.25) is 19.2 Å². The molecule has 0 unspecified atom stereocenters. The number of ketones is 1. The van der Waals surface area contributed by atoms with E-state index in [1.807, 2.05) is 53.7 Å². The summed E-state index contributed by atoms with van der Waals surface area (Å²) in [5, 5.41) is 2.89. The maximum absolute atomic E-state index is 13.5. The van der Waals surface area contributed by atoms with Crippen LogP contribution < -0.4 is 11.1 Å². The molecule has 0 spiro atoms. The van der Waals surface area contributed by atoms with Gasteiger partial charge in [0.15, 0.2) is 6.10 Å². The number of ether oxygens (including phenoxy) is 3. The summed E-state index contributed by atoms with van der Waals surface area (Å²) in [7, 11) is 0. The summed E-state index contributed by atoms with van der Waals surface area (Å²) in [6.45, 7) is 26.6. The van der Waals surface area contributed by atoms with E-state index in [4.69, 9.17) is 19.9 Å². The summed E-state index contributed by atoms with van der Waals surface area (Å²) in [6.07, 6.45) is 3.13. The number of nitrogens with two attached hydrogens (primary N) is 1. The van der Waals surface area contributed by atoms with Gasteiger partial charge in [0.25, 0.3) is 0 Å². The van der Waals surface area contributed by atoms with Gasteiger partial charge in [0.2, 0.25) is 5.91 Å². The highest BCUT2D eigenvalue weighted by molar-refractivity contribution is 5.93. The monoisotopic (exact) mass is 746 g/mol. The smallest absolute Gasteiger partial charge is 0.303 e. The van der Waals surface area contributed by atoms with Gasteiger partial charge in [-0.05, 0) is 99.2 Å². The molecule has 0 aromatic heterocycles. The number of carbonyl (C=O) groups is 4. The molecule has 2 aromatic rings. The molecule has 0 saturated carbocycles. The van der Waals surface area contributed by atoms with Crippen LogP contribution in [0.3, 0.4) is 0 Å². The van der Waals surface area contributed by atoms with Crippen LogP contribution in [0.15, 0.2) is 36.4 Å². The molecule has 2 aromatic carbocycles. The third-order valence-electron chi connectivity index (χ3n) is 10.6. The van der Waals surface area contributed by atoms with Crippen molar-refractivity contribution in [3.63, 3.8) is 0 Å². The van der Waals surface area contributed by atoms with Crippen molar-refractivity contribution in [1.29, 1.82) is 0 Å². The van der Waals surface area contributed by atoms with Crippen molar-refractivity contribution in [2.45, 2.75) is 152 Å². The molecule has 1 heterocycles. The molecule has 0 radical (unpaired) electrons. The number of esters is 2. The second-order valence-corrected chi connectivity index (χ2v) is 17.6. The van der Waals surface area contributed by atoms with Crippen LogP contribution >= 0.6 is 0 Å². The van der Waals surface area contributed by atoms with Gasteiger partial charge in [-0.15, -0.1) is 0 Å². The minimum atomic E-state index is -0.874. The molecule has 1 aliphatic rings. The molecule has 54 heavy (non-hydrogen) atoms. The Morgan fingerprint density at radius 1 is 0.907 bits per heavy atom. The SMILES string of the molecule is CC[C@H]1O[C@@H](c2cc(Cc3ccc(/C=C/C(C)(C)C(=O)CC(C)(C)C(=O)NCC(C)(C)N)cc3C)c(C(C)C)cc2C)[C@H](OC(C)=O)[C@@H](OC(C)=O)[C@@H]1C. The van der Waals surface area contributed by atoms with Crippen molar-refractivity contribution >= 4 is 29.7 Å². The molecule has 1 saturated heterocycles. The van der Waals surface area contributed by atoms with Gasteiger partial charge >= 0.3 is 11.9 Å². The standard InChI is InChI=1S/C45H66N2O7/c1-15-37-29(6)39(52-30(7)48)41(53-31(8)49)40(54-37)36-23-34(35(26(2)3)21-28(36)5)22-33-17-16-32(20-27(33)4)18-19-43(9,10)38(50)24-44(11,12)42(51)47-25-45(13,14)46/h16-21,23,26,29,37,39-41H,15,22,24-25,46H2,1-14H3,(H,47,51)/b19-18+/t29-,37-,39+,40+,41-/m1/s1. The van der Waals surface area contributed by atoms with Gasteiger partial charge in [0.05, 0.1) is 11.5 Å². The predicted octanol–water partition coefficient (Wildman–Crippen LogP) is 8.25. The molecule has 298 valence electrons.